The quantitative estimate of drug-likeness (QED) is 0.426. The molecule has 0 aromatic carbocycles. The highest BCUT2D eigenvalue weighted by Gasteiger charge is 1.98. The van der Waals surface area contributed by atoms with E-state index in [1.807, 2.05) is 0 Å². The van der Waals surface area contributed by atoms with Gasteiger partial charge in [0.25, 0.3) is 0 Å². The van der Waals surface area contributed by atoms with Crippen LogP contribution in [0.5, 0.6) is 0 Å². The second kappa shape index (κ2) is 1.39. The fourth-order valence-electron chi connectivity index (χ4n) is 0.222. The molecular weight excluding hydrogens is 101 g/mol. The van der Waals surface area contributed by atoms with Crippen molar-refractivity contribution < 1.29 is 4.74 Å². The molecular formula is C3H3ClNO. The molecule has 0 atom stereocenters. The van der Waals surface area contributed by atoms with Crippen LogP contribution in [-0.2, 0) is 4.74 Å². The Kier molecular flexibility index (Phi) is 0.881. The van der Waals surface area contributed by atoms with Gasteiger partial charge < -0.3 is 4.74 Å². The van der Waals surface area contributed by atoms with Gasteiger partial charge in [0, 0.05) is 11.8 Å². The maximum atomic E-state index is 5.28. The number of nitrogens with zero attached hydrogens (tertiary/aromatic N) is 1. The molecule has 0 aromatic heterocycles. The zero-order chi connectivity index (χ0) is 4.41. The molecule has 1 aliphatic heterocycles. The van der Waals surface area contributed by atoms with E-state index in [1.54, 1.807) is 6.20 Å². The normalized spacial score (nSPS) is 18.5. The number of hydrogen-bond acceptors (Lipinski definition) is 2. The molecule has 1 radical (unpaired) electrons. The first-order chi connectivity index (χ1) is 2.89. The fourth-order valence-corrected chi connectivity index (χ4v) is 0.314. The Morgan fingerprint density at radius 3 is 2.67 bits per heavy atom. The minimum Gasteiger partial charge on any atom is -0.469 e. The van der Waals surface area contributed by atoms with Crippen molar-refractivity contribution in [2.24, 2.45) is 0 Å². The number of ether oxygens (including phenoxy) is 1. The van der Waals surface area contributed by atoms with Crippen LogP contribution in [-0.4, -0.2) is 4.42 Å². The summed E-state index contributed by atoms with van der Waals surface area (Å²) in [5, 5.41) is 0. The van der Waals surface area contributed by atoms with Crippen LogP contribution in [0.15, 0.2) is 12.5 Å². The van der Waals surface area contributed by atoms with E-state index in [-0.39, 0.29) is 0 Å². The van der Waals surface area contributed by atoms with E-state index in [0.717, 1.165) is 0 Å². The third-order valence-corrected chi connectivity index (χ3v) is 0.636. The molecule has 0 N–H and O–H groups in total. The van der Waals surface area contributed by atoms with Gasteiger partial charge in [0.2, 0.25) is 6.73 Å². The molecule has 0 unspecified atom stereocenters. The summed E-state index contributed by atoms with van der Waals surface area (Å²) in [6, 6.07) is 0. The van der Waals surface area contributed by atoms with Crippen molar-refractivity contribution in [3.05, 3.63) is 19.2 Å². The summed E-state index contributed by atoms with van der Waals surface area (Å²) in [5.41, 5.74) is 0. The molecule has 0 bridgehead atoms. The van der Waals surface area contributed by atoms with Gasteiger partial charge in [-0.15, -0.1) is 0 Å². The average Bonchev–Trinajstić information content (AvgIpc) is 1.86. The van der Waals surface area contributed by atoms with Crippen LogP contribution in [0.2, 0.25) is 0 Å². The Hall–Kier alpha value is -0.370. The first kappa shape index (κ1) is 3.81. The summed E-state index contributed by atoms with van der Waals surface area (Å²) in [6.07, 6.45) is 3.09. The number of rotatable bonds is 0. The number of hydrogen-bond donors (Lipinski definition) is 0. The highest BCUT2D eigenvalue weighted by Crippen LogP contribution is 2.06. The topological polar surface area (TPSA) is 12.5 Å². The molecule has 6 heavy (non-hydrogen) atoms. The Bertz CT molecular complexity index is 73.2. The van der Waals surface area contributed by atoms with Gasteiger partial charge in [0.15, 0.2) is 0 Å². The van der Waals surface area contributed by atoms with Crippen molar-refractivity contribution in [3.8, 4) is 0 Å². The zero-order valence-corrected chi connectivity index (χ0v) is 3.72. The molecule has 0 aromatic rings. The van der Waals surface area contributed by atoms with Crippen LogP contribution in [0.3, 0.4) is 0 Å². The van der Waals surface area contributed by atoms with E-state index >= 15 is 0 Å². The molecule has 0 saturated heterocycles. The summed E-state index contributed by atoms with van der Waals surface area (Å²) in [6.45, 7) is 1.39. The van der Waals surface area contributed by atoms with E-state index in [9.17, 15) is 0 Å². The largest absolute Gasteiger partial charge is 0.469 e. The van der Waals surface area contributed by atoms with E-state index in [4.69, 9.17) is 11.8 Å². The first-order valence-corrected chi connectivity index (χ1v) is 1.83. The highest BCUT2D eigenvalue weighted by atomic mass is 35.5. The third kappa shape index (κ3) is 0.571. The standard InChI is InChI=1S/C3H3ClNO/c4-5-1-2-6-3-5/h1-3H. The molecule has 1 aliphatic rings. The highest BCUT2D eigenvalue weighted by molar-refractivity contribution is 6.14. The SMILES string of the molecule is ClN1[CH]OC=C1. The average molecular weight is 105 g/mol. The van der Waals surface area contributed by atoms with Crippen molar-refractivity contribution in [1.29, 1.82) is 0 Å². The van der Waals surface area contributed by atoms with Crippen LogP contribution in [0.4, 0.5) is 0 Å². The van der Waals surface area contributed by atoms with Crippen molar-refractivity contribution in [1.82, 2.24) is 4.42 Å². The fraction of sp³-hybridized carbons (Fsp3) is 0. The lowest BCUT2D eigenvalue weighted by molar-refractivity contribution is 0.310. The van der Waals surface area contributed by atoms with Crippen molar-refractivity contribution >= 4 is 11.8 Å². The minimum absolute atomic E-state index is 1.31. The van der Waals surface area contributed by atoms with Crippen LogP contribution in [0.25, 0.3) is 0 Å². The molecule has 1 rings (SSSR count). The lowest BCUT2D eigenvalue weighted by Gasteiger charge is -1.94. The van der Waals surface area contributed by atoms with E-state index in [0.29, 0.717) is 0 Å². The molecule has 2 nitrogen and oxygen atoms in total. The predicted molar refractivity (Wildman–Crippen MR) is 22.2 cm³/mol. The second-order valence-electron chi connectivity index (χ2n) is 0.871. The molecule has 3 heteroatoms. The van der Waals surface area contributed by atoms with Gasteiger partial charge in [-0.05, 0) is 0 Å². The van der Waals surface area contributed by atoms with Gasteiger partial charge in [-0.1, -0.05) is 0 Å². The Labute approximate surface area is 41.1 Å². The monoisotopic (exact) mass is 104 g/mol. The van der Waals surface area contributed by atoms with Gasteiger partial charge in [-0.3, -0.25) is 0 Å². The van der Waals surface area contributed by atoms with Gasteiger partial charge in [0.05, 0.1) is 6.20 Å². The van der Waals surface area contributed by atoms with E-state index < -0.39 is 0 Å². The van der Waals surface area contributed by atoms with Crippen LogP contribution in [0, 0.1) is 6.73 Å². The van der Waals surface area contributed by atoms with Crippen LogP contribution >= 0.6 is 11.8 Å². The molecule has 1 heterocycles. The third-order valence-electron chi connectivity index (χ3n) is 0.443. The maximum absolute atomic E-state index is 5.28. The lowest BCUT2D eigenvalue weighted by Crippen LogP contribution is -1.89. The van der Waals surface area contributed by atoms with Crippen molar-refractivity contribution in [2.75, 3.05) is 0 Å². The summed E-state index contributed by atoms with van der Waals surface area (Å²) < 4.78 is 5.85. The summed E-state index contributed by atoms with van der Waals surface area (Å²) in [7, 11) is 0. The molecule has 0 spiro atoms. The zero-order valence-electron chi connectivity index (χ0n) is 2.97. The Morgan fingerprint density at radius 2 is 2.50 bits per heavy atom. The Morgan fingerprint density at radius 1 is 1.67 bits per heavy atom. The Balaban J connectivity index is 2.38. The summed E-state index contributed by atoms with van der Waals surface area (Å²) in [4.78, 5) is 0. The summed E-state index contributed by atoms with van der Waals surface area (Å²) >= 11 is 5.28. The summed E-state index contributed by atoms with van der Waals surface area (Å²) in [5.74, 6) is 0. The molecule has 0 fully saturated rings. The van der Waals surface area contributed by atoms with Gasteiger partial charge >= 0.3 is 0 Å². The minimum atomic E-state index is 1.31. The van der Waals surface area contributed by atoms with Crippen LogP contribution < -0.4 is 0 Å². The second-order valence-corrected chi connectivity index (χ2v) is 1.26. The molecule has 0 amide bonds. The number of halogens is 1. The smallest absolute Gasteiger partial charge is 0.242 e. The molecule has 33 valence electrons. The molecule has 0 aliphatic carbocycles. The van der Waals surface area contributed by atoms with E-state index in [2.05, 4.69) is 4.74 Å². The van der Waals surface area contributed by atoms with Crippen LogP contribution in [0.1, 0.15) is 0 Å². The van der Waals surface area contributed by atoms with Gasteiger partial charge in [-0.2, -0.15) is 0 Å². The van der Waals surface area contributed by atoms with E-state index in [1.165, 1.54) is 17.4 Å². The first-order valence-electron chi connectivity index (χ1n) is 1.49. The van der Waals surface area contributed by atoms with Crippen molar-refractivity contribution in [3.63, 3.8) is 0 Å². The van der Waals surface area contributed by atoms with Gasteiger partial charge in [-0.25, -0.2) is 4.42 Å². The predicted octanol–water partition coefficient (Wildman–Crippen LogP) is 1.06. The molecule has 0 saturated carbocycles. The lowest BCUT2D eigenvalue weighted by atomic mass is 11.0. The maximum Gasteiger partial charge on any atom is 0.242 e. The van der Waals surface area contributed by atoms with Crippen molar-refractivity contribution in [2.45, 2.75) is 0 Å². The van der Waals surface area contributed by atoms with Gasteiger partial charge in [0.1, 0.15) is 6.26 Å².